The maximum Gasteiger partial charge on any atom is 0.238 e. The predicted molar refractivity (Wildman–Crippen MR) is 105 cm³/mol. The van der Waals surface area contributed by atoms with Gasteiger partial charge < -0.3 is 9.67 Å². The highest BCUT2D eigenvalue weighted by Gasteiger charge is 2.42. The number of aromatic nitrogens is 3. The molecule has 0 aliphatic carbocycles. The summed E-state index contributed by atoms with van der Waals surface area (Å²) in [5.41, 5.74) is -1.70. The van der Waals surface area contributed by atoms with Crippen molar-refractivity contribution < 1.29 is 22.3 Å². The second-order valence-electron chi connectivity index (χ2n) is 6.74. The molecule has 10 heteroatoms. The summed E-state index contributed by atoms with van der Waals surface area (Å²) in [6.45, 7) is 0. The van der Waals surface area contributed by atoms with Gasteiger partial charge in [-0.15, -0.1) is 0 Å². The predicted octanol–water partition coefficient (Wildman–Crippen LogP) is 2.18. The molecule has 2 heterocycles. The van der Waals surface area contributed by atoms with Crippen LogP contribution < -0.4 is 5.14 Å². The molecule has 0 saturated heterocycles. The van der Waals surface area contributed by atoms with Gasteiger partial charge in [-0.25, -0.2) is 27.3 Å². The second kappa shape index (κ2) is 6.94. The van der Waals surface area contributed by atoms with Crippen LogP contribution in [0.3, 0.4) is 0 Å². The molecule has 4 rings (SSSR count). The van der Waals surface area contributed by atoms with E-state index in [0.717, 1.165) is 18.2 Å². The number of aliphatic hydroxyl groups is 1. The van der Waals surface area contributed by atoms with Crippen molar-refractivity contribution in [3.05, 3.63) is 89.5 Å². The lowest BCUT2D eigenvalue weighted by Gasteiger charge is -2.28. The first kappa shape index (κ1) is 20.1. The Morgan fingerprint density at radius 1 is 1.10 bits per heavy atom. The van der Waals surface area contributed by atoms with Gasteiger partial charge in [0.1, 0.15) is 17.3 Å². The molecule has 3 N–H and O–H groups in total. The van der Waals surface area contributed by atoms with Gasteiger partial charge in [-0.3, -0.25) is 4.98 Å². The van der Waals surface area contributed by atoms with Gasteiger partial charge in [-0.05, 0) is 48.0 Å². The number of sulfonamides is 1. The quantitative estimate of drug-likeness (QED) is 0.516. The van der Waals surface area contributed by atoms with Crippen molar-refractivity contribution in [1.82, 2.24) is 14.5 Å². The van der Waals surface area contributed by atoms with E-state index < -0.39 is 27.3 Å². The average molecular weight is 430 g/mol. The Morgan fingerprint density at radius 2 is 1.80 bits per heavy atom. The zero-order chi connectivity index (χ0) is 21.7. The molecule has 7 nitrogen and oxygen atoms in total. The van der Waals surface area contributed by atoms with Gasteiger partial charge in [0.05, 0.1) is 15.9 Å². The van der Waals surface area contributed by atoms with E-state index in [2.05, 4.69) is 9.97 Å². The summed E-state index contributed by atoms with van der Waals surface area (Å²) < 4.78 is 53.1. The lowest BCUT2D eigenvalue weighted by atomic mass is 9.88. The van der Waals surface area contributed by atoms with Crippen LogP contribution in [0.5, 0.6) is 0 Å². The van der Waals surface area contributed by atoms with Crippen LogP contribution in [0.1, 0.15) is 17.1 Å². The monoisotopic (exact) mass is 430 g/mol. The van der Waals surface area contributed by atoms with Crippen molar-refractivity contribution in [2.75, 3.05) is 0 Å². The lowest BCUT2D eigenvalue weighted by molar-refractivity contribution is 0.103. The van der Waals surface area contributed by atoms with Gasteiger partial charge >= 0.3 is 0 Å². The maximum absolute atomic E-state index is 14.7. The number of hydrogen-bond donors (Lipinski definition) is 2. The zero-order valence-corrected chi connectivity index (χ0v) is 16.4. The van der Waals surface area contributed by atoms with Crippen molar-refractivity contribution in [2.24, 2.45) is 12.2 Å². The first-order chi connectivity index (χ1) is 14.1. The topological polar surface area (TPSA) is 111 Å². The summed E-state index contributed by atoms with van der Waals surface area (Å²) in [6, 6.07) is 11.4. The van der Waals surface area contributed by atoms with Crippen LogP contribution in [0.25, 0.3) is 11.0 Å². The van der Waals surface area contributed by atoms with Crippen LogP contribution in [-0.4, -0.2) is 28.1 Å². The van der Waals surface area contributed by atoms with Crippen LogP contribution >= 0.6 is 0 Å². The fraction of sp³-hybridized carbons (Fsp3) is 0.100. The molecular weight excluding hydrogens is 414 g/mol. The van der Waals surface area contributed by atoms with Crippen molar-refractivity contribution in [1.29, 1.82) is 0 Å². The van der Waals surface area contributed by atoms with Crippen molar-refractivity contribution >= 4 is 21.1 Å². The van der Waals surface area contributed by atoms with Crippen LogP contribution in [0.4, 0.5) is 8.78 Å². The molecule has 0 spiro atoms. The largest absolute Gasteiger partial charge is 0.372 e. The van der Waals surface area contributed by atoms with Crippen molar-refractivity contribution in [2.45, 2.75) is 10.5 Å². The van der Waals surface area contributed by atoms with Gasteiger partial charge in [-0.1, -0.05) is 12.1 Å². The molecule has 0 aliphatic rings. The number of nitrogens with zero attached hydrogens (tertiary/aromatic N) is 3. The molecule has 154 valence electrons. The molecular formula is C20H16F2N4O3S. The van der Waals surface area contributed by atoms with E-state index in [9.17, 15) is 22.3 Å². The number of aryl methyl sites for hydroxylation is 1. The first-order valence-electron chi connectivity index (χ1n) is 8.71. The summed E-state index contributed by atoms with van der Waals surface area (Å²) in [6.07, 6.45) is 1.31. The van der Waals surface area contributed by atoms with E-state index in [-0.39, 0.29) is 22.0 Å². The summed E-state index contributed by atoms with van der Waals surface area (Å²) in [4.78, 5) is 8.27. The molecule has 1 atom stereocenters. The van der Waals surface area contributed by atoms with Crippen LogP contribution in [0, 0.1) is 11.6 Å². The van der Waals surface area contributed by atoms with Gasteiger partial charge in [-0.2, -0.15) is 0 Å². The normalized spacial score (nSPS) is 14.0. The molecule has 4 aromatic rings. The van der Waals surface area contributed by atoms with E-state index in [1.165, 1.54) is 54.2 Å². The second-order valence-corrected chi connectivity index (χ2v) is 8.30. The van der Waals surface area contributed by atoms with E-state index in [1.807, 2.05) is 0 Å². The first-order valence-corrected chi connectivity index (χ1v) is 10.3. The smallest absolute Gasteiger partial charge is 0.238 e. The Kier molecular flexibility index (Phi) is 4.64. The Bertz CT molecular complexity index is 1370. The van der Waals surface area contributed by atoms with Gasteiger partial charge in [0.25, 0.3) is 0 Å². The average Bonchev–Trinajstić information content (AvgIpc) is 3.04. The minimum absolute atomic E-state index is 0.0340. The zero-order valence-electron chi connectivity index (χ0n) is 15.6. The highest BCUT2D eigenvalue weighted by molar-refractivity contribution is 7.89. The molecule has 0 bridgehead atoms. The molecule has 0 aliphatic heterocycles. The van der Waals surface area contributed by atoms with Gasteiger partial charge in [0.2, 0.25) is 10.0 Å². The fourth-order valence-electron chi connectivity index (χ4n) is 3.38. The Morgan fingerprint density at radius 3 is 2.43 bits per heavy atom. The molecule has 30 heavy (non-hydrogen) atoms. The number of imidazole rings is 1. The van der Waals surface area contributed by atoms with Crippen molar-refractivity contribution in [3.8, 4) is 0 Å². The SMILES string of the molecule is Cn1c(C(O)(c2ccc(F)cc2)c2ncccc2F)nc2ccc(S(N)(=O)=O)cc21. The number of benzene rings is 2. The molecule has 2 aromatic heterocycles. The number of rotatable bonds is 4. The van der Waals surface area contributed by atoms with Crippen molar-refractivity contribution in [3.63, 3.8) is 0 Å². The molecule has 1 unspecified atom stereocenters. The van der Waals surface area contributed by atoms with Gasteiger partial charge in [0, 0.05) is 13.2 Å². The van der Waals surface area contributed by atoms with Crippen LogP contribution in [0.15, 0.2) is 65.7 Å². The standard InChI is InChI=1S/C20H16F2N4O3S/c1-26-17-11-14(30(23,28)29)8-9-16(17)25-19(26)20(27,12-4-6-13(21)7-5-12)18-15(22)3-2-10-24-18/h2-11,27H,1H3,(H2,23,28,29). The lowest BCUT2D eigenvalue weighted by Crippen LogP contribution is -2.34. The number of primary sulfonamides is 1. The highest BCUT2D eigenvalue weighted by Crippen LogP contribution is 2.37. The maximum atomic E-state index is 14.7. The van der Waals surface area contributed by atoms with Crippen LogP contribution in [-0.2, 0) is 22.7 Å². The van der Waals surface area contributed by atoms with Gasteiger partial charge in [0.15, 0.2) is 11.4 Å². The summed E-state index contributed by atoms with van der Waals surface area (Å²) in [5, 5.41) is 17.0. The number of pyridine rings is 1. The number of halogens is 2. The Hall–Kier alpha value is -3.21. The molecule has 0 fully saturated rings. The Labute approximate surface area is 170 Å². The van der Waals surface area contributed by atoms with E-state index in [0.29, 0.717) is 11.0 Å². The summed E-state index contributed by atoms with van der Waals surface area (Å²) in [7, 11) is -2.44. The van der Waals surface area contributed by atoms with E-state index in [1.54, 1.807) is 0 Å². The van der Waals surface area contributed by atoms with E-state index in [4.69, 9.17) is 5.14 Å². The summed E-state index contributed by atoms with van der Waals surface area (Å²) >= 11 is 0. The summed E-state index contributed by atoms with van der Waals surface area (Å²) in [5.74, 6) is -1.36. The number of hydrogen-bond acceptors (Lipinski definition) is 5. The molecule has 2 aromatic carbocycles. The fourth-order valence-corrected chi connectivity index (χ4v) is 3.92. The minimum Gasteiger partial charge on any atom is -0.372 e. The Balaban J connectivity index is 2.05. The molecule has 0 radical (unpaired) electrons. The third-order valence-corrected chi connectivity index (χ3v) is 5.78. The third-order valence-electron chi connectivity index (χ3n) is 4.87. The number of nitrogens with two attached hydrogens (primary N) is 1. The third kappa shape index (κ3) is 3.15. The van der Waals surface area contributed by atoms with Crippen LogP contribution in [0.2, 0.25) is 0 Å². The number of fused-ring (bicyclic) bond motifs is 1. The van der Waals surface area contributed by atoms with E-state index >= 15 is 0 Å². The highest BCUT2D eigenvalue weighted by atomic mass is 32.2. The molecule has 0 saturated carbocycles. The molecule has 0 amide bonds. The minimum atomic E-state index is -3.97.